The molecule has 0 bridgehead atoms. The molecule has 556 valence electrons. The van der Waals surface area contributed by atoms with E-state index in [1.54, 1.807) is 80.9 Å². The molecule has 0 atom stereocenters. The zero-order valence-corrected chi connectivity index (χ0v) is 60.4. The Hall–Kier alpha value is -9.60. The van der Waals surface area contributed by atoms with E-state index in [1.165, 1.54) is 81.4 Å². The second kappa shape index (κ2) is 40.3. The van der Waals surface area contributed by atoms with E-state index < -0.39 is 104 Å². The van der Waals surface area contributed by atoms with Crippen LogP contribution in [0.1, 0.15) is 106 Å². The number of ether oxygens (including phenoxy) is 2. The maximum atomic E-state index is 13.8. The van der Waals surface area contributed by atoms with Crippen LogP contribution in [0, 0.1) is 224 Å². The van der Waals surface area contributed by atoms with Crippen molar-refractivity contribution in [1.82, 2.24) is 0 Å². The zero-order chi connectivity index (χ0) is 79.2. The summed E-state index contributed by atoms with van der Waals surface area (Å²) in [5.74, 6) is -18.1. The third kappa shape index (κ3) is 26.9. The van der Waals surface area contributed by atoms with Gasteiger partial charge < -0.3 is 9.47 Å². The summed E-state index contributed by atoms with van der Waals surface area (Å²) in [6.45, 7) is 29.5. The Bertz CT molecular complexity index is 4100. The van der Waals surface area contributed by atoms with E-state index >= 15 is 0 Å². The third-order valence-electron chi connectivity index (χ3n) is 15.2. The average Bonchev–Trinajstić information content (AvgIpc) is 0.750. The summed E-state index contributed by atoms with van der Waals surface area (Å²) in [5, 5.41) is 0. The fourth-order valence-electron chi connectivity index (χ4n) is 8.84. The van der Waals surface area contributed by atoms with Crippen molar-refractivity contribution in [3.05, 3.63) is 326 Å². The van der Waals surface area contributed by atoms with Gasteiger partial charge in [-0.2, -0.15) is 13.2 Å². The van der Waals surface area contributed by atoms with Gasteiger partial charge in [-0.05, 0) is 275 Å². The SMILES string of the molecule is COc1cc(C)c(OC)cc1C.Cc1c(F)c(F)c(-c2c(F)c(F)c(C)c(F)c2F)c(F)c1F.Cc1cc(C)cc(F)c1.Cc1cc(F)c(C)cc1F.Cc1cc(F)c(F)cc1C.Cc1cc(F)cc(F)c1C.Cc1ccc(C)c(C(F)(F)F)c1.Cc1ccc(C)c(F)c1.Cc1ccc(F)c(C)c1. The average molecular weight is 1470 g/mol. The van der Waals surface area contributed by atoms with Crippen molar-refractivity contribution in [2.75, 3.05) is 14.2 Å². The molecule has 103 heavy (non-hydrogen) atoms. The molecule has 0 spiro atoms. The highest BCUT2D eigenvalue weighted by Crippen LogP contribution is 2.38. The van der Waals surface area contributed by atoms with Crippen LogP contribution >= 0.6 is 0 Å². The van der Waals surface area contributed by atoms with E-state index in [2.05, 4.69) is 0 Å². The smallest absolute Gasteiger partial charge is 0.416 e. The summed E-state index contributed by atoms with van der Waals surface area (Å²) in [6.07, 6.45) is -4.23. The van der Waals surface area contributed by atoms with Crippen LogP contribution in [0.5, 0.6) is 11.5 Å². The Balaban J connectivity index is 0.000000401. The Labute approximate surface area is 588 Å². The quantitative estimate of drug-likeness (QED) is 0.130. The number of alkyl halides is 3. The van der Waals surface area contributed by atoms with Crippen molar-refractivity contribution >= 4 is 0 Å². The molecule has 0 unspecified atom stereocenters. The Morgan fingerprint density at radius 1 is 0.223 bits per heavy atom. The number of hydrogen-bond acceptors (Lipinski definition) is 2. The van der Waals surface area contributed by atoms with Crippen LogP contribution in [0.25, 0.3) is 11.1 Å². The highest BCUT2D eigenvalue weighted by atomic mass is 19.4. The summed E-state index contributed by atoms with van der Waals surface area (Å²) < 4.78 is 268. The lowest BCUT2D eigenvalue weighted by Gasteiger charge is -2.13. The van der Waals surface area contributed by atoms with Crippen molar-refractivity contribution < 1.29 is 97.3 Å². The molecule has 0 aliphatic rings. The van der Waals surface area contributed by atoms with Gasteiger partial charge in [0, 0.05) is 17.2 Å². The minimum atomic E-state index is -4.23. The lowest BCUT2D eigenvalue weighted by Crippen LogP contribution is -2.09. The van der Waals surface area contributed by atoms with Crippen molar-refractivity contribution in [2.24, 2.45) is 0 Å². The Morgan fingerprint density at radius 3 is 0.874 bits per heavy atom. The zero-order valence-electron chi connectivity index (χ0n) is 60.4. The number of rotatable bonds is 3. The minimum absolute atomic E-state index is 0.116. The molecule has 10 aromatic carbocycles. The van der Waals surface area contributed by atoms with Crippen molar-refractivity contribution in [1.29, 1.82) is 0 Å². The minimum Gasteiger partial charge on any atom is -0.496 e. The highest BCUT2D eigenvalue weighted by Gasteiger charge is 2.33. The molecule has 0 N–H and O–H groups in total. The first kappa shape index (κ1) is 89.5. The van der Waals surface area contributed by atoms with Crippen LogP contribution in [-0.4, -0.2) is 14.2 Å². The van der Waals surface area contributed by atoms with E-state index in [-0.39, 0.29) is 34.6 Å². The molecule has 0 radical (unpaired) electrons. The van der Waals surface area contributed by atoms with Gasteiger partial charge in [0.25, 0.3) is 0 Å². The summed E-state index contributed by atoms with van der Waals surface area (Å²) in [5.41, 5.74) is 5.58. The van der Waals surface area contributed by atoms with E-state index in [0.717, 1.165) is 73.7 Å². The first-order chi connectivity index (χ1) is 47.6. The first-order valence-electron chi connectivity index (χ1n) is 31.1. The van der Waals surface area contributed by atoms with Crippen LogP contribution in [0.15, 0.2) is 121 Å². The molecule has 0 saturated heterocycles. The van der Waals surface area contributed by atoms with Crippen LogP contribution in [0.3, 0.4) is 0 Å². The largest absolute Gasteiger partial charge is 0.496 e. The molecule has 10 aromatic rings. The molecule has 2 nitrogen and oxygen atoms in total. The molecule has 0 fully saturated rings. The Kier molecular flexibility index (Phi) is 35.0. The second-order valence-electron chi connectivity index (χ2n) is 24.0. The lowest BCUT2D eigenvalue weighted by atomic mass is 9.98. The van der Waals surface area contributed by atoms with E-state index in [4.69, 9.17) is 9.47 Å². The first-order valence-corrected chi connectivity index (χ1v) is 31.1. The molecule has 0 amide bonds. The normalized spacial score (nSPS) is 10.3. The topological polar surface area (TPSA) is 18.5 Å². The fourth-order valence-corrected chi connectivity index (χ4v) is 8.84. The number of methoxy groups -OCH3 is 2. The predicted octanol–water partition coefficient (Wildman–Crippen LogP) is 25.8. The standard InChI is InChI=1S/C14H6F8.C10H14O2.C9H9F3.3C8H8F2.3C8H9F/c1-3-7(15)11(19)5(12(20)8(3)16)6-13(21)9(17)4(2)10(18)14(6)22;1-7-5-10(12-4)8(2)6-9(7)11-3;1-6-3-4-7(2)8(5-6)9(10,11)12;1-5-3-7(9)4-8(10)6(5)2;1-5-3-8(10)6(2)4-7(5)9;1-5-3-7(9)8(10)4-6(5)2;1-6-3-7(2)5-8(9)4-6;1-6-3-4-8(9)7(2)5-6;1-6-3-4-7(2)8(9)5-6/h1-2H3;5-6H,1-4H3;3-5H,1-2H3;3*3-4H,1-2H3;3*3-5H,1-2H3. The van der Waals surface area contributed by atoms with Crippen molar-refractivity contribution in [2.45, 2.75) is 131 Å². The lowest BCUT2D eigenvalue weighted by molar-refractivity contribution is -0.138. The van der Waals surface area contributed by atoms with E-state index in [9.17, 15) is 87.8 Å². The van der Waals surface area contributed by atoms with Gasteiger partial charge in [-0.1, -0.05) is 53.6 Å². The van der Waals surface area contributed by atoms with Crippen LogP contribution < -0.4 is 9.47 Å². The van der Waals surface area contributed by atoms with Gasteiger partial charge in [-0.15, -0.1) is 0 Å². The summed E-state index contributed by atoms with van der Waals surface area (Å²) in [7, 11) is 3.35. The molecule has 0 aromatic heterocycles. The van der Waals surface area contributed by atoms with E-state index in [0.29, 0.717) is 47.2 Å². The van der Waals surface area contributed by atoms with Gasteiger partial charge in [0.1, 0.15) is 52.2 Å². The predicted molar refractivity (Wildman–Crippen MR) is 366 cm³/mol. The van der Waals surface area contributed by atoms with Gasteiger partial charge in [0.2, 0.25) is 0 Å². The van der Waals surface area contributed by atoms with Gasteiger partial charge in [0.05, 0.1) is 30.9 Å². The molecule has 22 heteroatoms. The van der Waals surface area contributed by atoms with Crippen molar-refractivity contribution in [3.8, 4) is 22.6 Å². The van der Waals surface area contributed by atoms with E-state index in [1.807, 2.05) is 71.9 Å². The summed E-state index contributed by atoms with van der Waals surface area (Å²) >= 11 is 0. The maximum absolute atomic E-state index is 13.8. The Morgan fingerprint density at radius 2 is 0.553 bits per heavy atom. The second-order valence-corrected chi connectivity index (χ2v) is 24.0. The number of aryl methyl sites for hydroxylation is 15. The number of hydrogen-bond donors (Lipinski definition) is 0. The fraction of sp³-hybridized carbons (Fsp3) is 0.259. The number of halogens is 20. The molecule has 10 rings (SSSR count). The third-order valence-corrected chi connectivity index (χ3v) is 15.2. The monoisotopic (exact) mass is 1460 g/mol. The van der Waals surface area contributed by atoms with Crippen molar-refractivity contribution in [3.63, 3.8) is 0 Å². The molecular weight excluding hydrogens is 1380 g/mol. The van der Waals surface area contributed by atoms with Crippen LogP contribution in [-0.2, 0) is 6.18 Å². The summed E-state index contributed by atoms with van der Waals surface area (Å²) in [4.78, 5) is 0. The van der Waals surface area contributed by atoms with Crippen LogP contribution in [0.4, 0.5) is 87.8 Å². The van der Waals surface area contributed by atoms with Gasteiger partial charge in [-0.25, -0.2) is 74.6 Å². The molecule has 0 aliphatic heterocycles. The highest BCUT2D eigenvalue weighted by molar-refractivity contribution is 5.68. The van der Waals surface area contributed by atoms with Gasteiger partial charge in [0.15, 0.2) is 58.2 Å². The van der Waals surface area contributed by atoms with Gasteiger partial charge >= 0.3 is 6.18 Å². The van der Waals surface area contributed by atoms with Crippen LogP contribution in [0.2, 0.25) is 0 Å². The summed E-state index contributed by atoms with van der Waals surface area (Å²) in [6, 6.07) is 30.6. The van der Waals surface area contributed by atoms with Gasteiger partial charge in [-0.3, -0.25) is 0 Å². The molecule has 0 aliphatic carbocycles. The maximum Gasteiger partial charge on any atom is 0.416 e. The molecule has 0 saturated carbocycles. The number of benzene rings is 10. The molecule has 0 heterocycles. The molecular formula is C81H80F20O2.